The largest absolute Gasteiger partial charge is 0.417 e. The summed E-state index contributed by atoms with van der Waals surface area (Å²) in [5, 5.41) is 0. The van der Waals surface area contributed by atoms with Gasteiger partial charge in [-0.05, 0) is 24.3 Å². The van der Waals surface area contributed by atoms with Crippen molar-refractivity contribution in [3.05, 3.63) is 54.2 Å². The van der Waals surface area contributed by atoms with Crippen LogP contribution in [0.4, 0.5) is 24.7 Å². The third kappa shape index (κ3) is 3.14. The summed E-state index contributed by atoms with van der Waals surface area (Å²) in [5.41, 5.74) is -0.571. The van der Waals surface area contributed by atoms with E-state index < -0.39 is 23.0 Å². The molecule has 1 aromatic carbocycles. The van der Waals surface area contributed by atoms with E-state index in [1.54, 1.807) is 30.3 Å². The monoisotopic (exact) mass is 302 g/mol. The molecule has 2 rings (SSSR count). The Kier molecular flexibility index (Phi) is 4.05. The van der Waals surface area contributed by atoms with E-state index in [-0.39, 0.29) is 5.82 Å². The van der Waals surface area contributed by atoms with Gasteiger partial charge < -0.3 is 0 Å². The second-order valence-corrected chi connectivity index (χ2v) is 4.59. The first-order valence-corrected chi connectivity index (χ1v) is 6.45. The van der Waals surface area contributed by atoms with Crippen molar-refractivity contribution in [1.29, 1.82) is 0 Å². The van der Waals surface area contributed by atoms with Crippen molar-refractivity contribution in [2.75, 3.05) is 4.31 Å². The average Bonchev–Trinajstić information content (AvgIpc) is 2.39. The minimum Gasteiger partial charge on any atom is -0.289 e. The molecule has 0 radical (unpaired) electrons. The summed E-state index contributed by atoms with van der Waals surface area (Å²) in [5.74, 6) is -0.0509. The highest BCUT2D eigenvalue weighted by Gasteiger charge is 2.31. The molecule has 0 amide bonds. The summed E-state index contributed by atoms with van der Waals surface area (Å²) in [6.45, 7) is 0. The van der Waals surface area contributed by atoms with Crippen LogP contribution in [0.3, 0.4) is 0 Å². The summed E-state index contributed by atoms with van der Waals surface area (Å²) in [7, 11) is 0. The van der Waals surface area contributed by atoms with E-state index in [1.165, 1.54) is 0 Å². The van der Waals surface area contributed by atoms with Crippen LogP contribution < -0.4 is 4.31 Å². The summed E-state index contributed by atoms with van der Waals surface area (Å²) >= 11 is -2.44. The van der Waals surface area contributed by atoms with Crippen LogP contribution in [0.5, 0.6) is 0 Å². The molecule has 20 heavy (non-hydrogen) atoms. The Labute approximate surface area is 115 Å². The first-order valence-electron chi connectivity index (χ1n) is 5.39. The molecule has 8 heteroatoms. The lowest BCUT2D eigenvalue weighted by Gasteiger charge is -2.19. The molecular weight excluding hydrogens is 293 g/mol. The number of halogens is 3. The fourth-order valence-electron chi connectivity index (χ4n) is 1.54. The number of aromatic nitrogens is 1. The van der Waals surface area contributed by atoms with E-state index in [0.717, 1.165) is 16.4 Å². The first kappa shape index (κ1) is 14.5. The molecule has 106 valence electrons. The van der Waals surface area contributed by atoms with E-state index in [2.05, 4.69) is 4.98 Å². The molecule has 0 saturated heterocycles. The van der Waals surface area contributed by atoms with Gasteiger partial charge in [0, 0.05) is 6.20 Å². The maximum atomic E-state index is 12.4. The van der Waals surface area contributed by atoms with Crippen molar-refractivity contribution in [2.45, 2.75) is 6.18 Å². The number of rotatable bonds is 3. The Bertz CT molecular complexity index is 602. The highest BCUT2D eigenvalue weighted by atomic mass is 32.2. The lowest BCUT2D eigenvalue weighted by Crippen LogP contribution is -2.20. The standard InChI is InChI=1S/C12H9F3N2O2S/c13-12(14,15)9-6-7-11(16-8-9)17(20(18)19)10-4-2-1-3-5-10/h1-8H,(H,18,19). The Balaban J connectivity index is 2.39. The van der Waals surface area contributed by atoms with Crippen LogP contribution in [0.1, 0.15) is 5.56 Å². The second kappa shape index (κ2) is 5.59. The molecule has 0 aliphatic heterocycles. The minimum absolute atomic E-state index is 0.0509. The molecule has 2 aromatic rings. The van der Waals surface area contributed by atoms with Gasteiger partial charge in [-0.25, -0.2) is 13.5 Å². The number of hydrogen-bond donors (Lipinski definition) is 1. The maximum absolute atomic E-state index is 12.4. The van der Waals surface area contributed by atoms with Gasteiger partial charge in [0.05, 0.1) is 11.3 Å². The zero-order valence-electron chi connectivity index (χ0n) is 9.91. The molecule has 1 atom stereocenters. The van der Waals surface area contributed by atoms with Crippen LogP contribution in [-0.4, -0.2) is 13.7 Å². The van der Waals surface area contributed by atoms with E-state index in [4.69, 9.17) is 0 Å². The Morgan fingerprint density at radius 2 is 1.75 bits per heavy atom. The van der Waals surface area contributed by atoms with Crippen LogP contribution in [0.2, 0.25) is 0 Å². The molecule has 1 N–H and O–H groups in total. The number of benzene rings is 1. The van der Waals surface area contributed by atoms with E-state index in [0.29, 0.717) is 11.9 Å². The fraction of sp³-hybridized carbons (Fsp3) is 0.0833. The SMILES string of the molecule is O=S(O)N(c1ccccc1)c1ccc(C(F)(F)F)cn1. The minimum atomic E-state index is -4.50. The van der Waals surface area contributed by atoms with Gasteiger partial charge in [0.2, 0.25) is 0 Å². The van der Waals surface area contributed by atoms with E-state index in [1.807, 2.05) is 0 Å². The third-order valence-corrected chi connectivity index (χ3v) is 3.14. The summed E-state index contributed by atoms with van der Waals surface area (Å²) in [4.78, 5) is 3.60. The van der Waals surface area contributed by atoms with Crippen LogP contribution in [0.15, 0.2) is 48.7 Å². The van der Waals surface area contributed by atoms with Gasteiger partial charge in [-0.2, -0.15) is 13.2 Å². The zero-order valence-corrected chi connectivity index (χ0v) is 10.7. The average molecular weight is 302 g/mol. The number of pyridine rings is 1. The zero-order chi connectivity index (χ0) is 14.8. The Morgan fingerprint density at radius 1 is 1.10 bits per heavy atom. The van der Waals surface area contributed by atoms with Crippen LogP contribution >= 0.6 is 0 Å². The van der Waals surface area contributed by atoms with Gasteiger partial charge in [0.25, 0.3) is 11.3 Å². The van der Waals surface area contributed by atoms with Crippen molar-refractivity contribution in [3.8, 4) is 0 Å². The molecule has 1 unspecified atom stereocenters. The summed E-state index contributed by atoms with van der Waals surface area (Å²) in [6, 6.07) is 9.94. The van der Waals surface area contributed by atoms with Gasteiger partial charge in [0.15, 0.2) is 0 Å². The topological polar surface area (TPSA) is 53.4 Å². The number of anilines is 2. The molecule has 0 saturated carbocycles. The van der Waals surface area contributed by atoms with E-state index in [9.17, 15) is 21.9 Å². The molecular formula is C12H9F3N2O2S. The lowest BCUT2D eigenvalue weighted by molar-refractivity contribution is -0.137. The predicted molar refractivity (Wildman–Crippen MR) is 68.6 cm³/mol. The van der Waals surface area contributed by atoms with Gasteiger partial charge in [-0.3, -0.25) is 4.55 Å². The Morgan fingerprint density at radius 3 is 2.20 bits per heavy atom. The molecule has 0 spiro atoms. The van der Waals surface area contributed by atoms with Crippen molar-refractivity contribution in [2.24, 2.45) is 0 Å². The number of hydrogen-bond acceptors (Lipinski definition) is 2. The fourth-order valence-corrected chi connectivity index (χ4v) is 2.11. The molecule has 1 aromatic heterocycles. The summed E-state index contributed by atoms with van der Waals surface area (Å²) < 4.78 is 58.9. The van der Waals surface area contributed by atoms with Crippen molar-refractivity contribution >= 4 is 22.8 Å². The molecule has 1 heterocycles. The normalized spacial score (nSPS) is 13.0. The van der Waals surface area contributed by atoms with Crippen molar-refractivity contribution in [3.63, 3.8) is 0 Å². The smallest absolute Gasteiger partial charge is 0.289 e. The van der Waals surface area contributed by atoms with Crippen LogP contribution in [0, 0.1) is 0 Å². The van der Waals surface area contributed by atoms with Crippen molar-refractivity contribution < 1.29 is 21.9 Å². The van der Waals surface area contributed by atoms with Gasteiger partial charge in [0.1, 0.15) is 5.82 Å². The molecule has 0 aliphatic rings. The molecule has 4 nitrogen and oxygen atoms in total. The van der Waals surface area contributed by atoms with Gasteiger partial charge in [-0.1, -0.05) is 18.2 Å². The highest BCUT2D eigenvalue weighted by Crippen LogP contribution is 2.31. The van der Waals surface area contributed by atoms with E-state index >= 15 is 0 Å². The lowest BCUT2D eigenvalue weighted by atomic mass is 10.2. The van der Waals surface area contributed by atoms with Gasteiger partial charge >= 0.3 is 6.18 Å². The van der Waals surface area contributed by atoms with Crippen LogP contribution in [0.25, 0.3) is 0 Å². The van der Waals surface area contributed by atoms with Gasteiger partial charge in [-0.15, -0.1) is 0 Å². The quantitative estimate of drug-likeness (QED) is 0.884. The van der Waals surface area contributed by atoms with Crippen molar-refractivity contribution in [1.82, 2.24) is 4.98 Å². The third-order valence-electron chi connectivity index (χ3n) is 2.43. The molecule has 0 bridgehead atoms. The molecule has 0 aliphatic carbocycles. The Hall–Kier alpha value is -1.93. The first-order chi connectivity index (χ1) is 9.39. The number of para-hydroxylation sites is 1. The number of alkyl halides is 3. The maximum Gasteiger partial charge on any atom is 0.417 e. The summed E-state index contributed by atoms with van der Waals surface area (Å²) in [6.07, 6.45) is -3.88. The predicted octanol–water partition coefficient (Wildman–Crippen LogP) is 3.38. The second-order valence-electron chi connectivity index (χ2n) is 3.76. The molecule has 0 fully saturated rings. The highest BCUT2D eigenvalue weighted by molar-refractivity contribution is 7.81. The van der Waals surface area contributed by atoms with Crippen LogP contribution in [-0.2, 0) is 17.4 Å². The number of nitrogens with zero attached hydrogens (tertiary/aromatic N) is 2.